The zero-order valence-electron chi connectivity index (χ0n) is 10.3. The van der Waals surface area contributed by atoms with Crippen LogP contribution in [0.3, 0.4) is 0 Å². The van der Waals surface area contributed by atoms with E-state index in [1.54, 1.807) is 26.0 Å². The Labute approximate surface area is 127 Å². The van der Waals surface area contributed by atoms with Crippen molar-refractivity contribution >= 4 is 48.7 Å². The lowest BCUT2D eigenvalue weighted by atomic mass is 10.1. The second-order valence-electron chi connectivity index (χ2n) is 3.93. The Bertz CT molecular complexity index is 671. The minimum atomic E-state index is -0.413. The van der Waals surface area contributed by atoms with E-state index in [1.807, 2.05) is 0 Å². The average Bonchev–Trinajstić information content (AvgIpc) is 2.35. The summed E-state index contributed by atoms with van der Waals surface area (Å²) in [5.74, 6) is -0.361. The molecule has 0 saturated heterocycles. The van der Waals surface area contributed by atoms with Crippen LogP contribution in [0.1, 0.15) is 23.0 Å². The highest BCUT2D eigenvalue weighted by Crippen LogP contribution is 2.37. The smallest absolute Gasteiger partial charge is 0.339 e. The molecule has 0 fully saturated rings. The number of esters is 1. The van der Waals surface area contributed by atoms with E-state index in [1.165, 1.54) is 0 Å². The molecule has 0 aliphatic heterocycles. The van der Waals surface area contributed by atoms with E-state index in [0.29, 0.717) is 33.2 Å². The molecule has 4 nitrogen and oxygen atoms in total. The molecule has 6 heteroatoms. The van der Waals surface area contributed by atoms with Gasteiger partial charge in [-0.15, -0.1) is 0 Å². The van der Waals surface area contributed by atoms with Crippen LogP contribution in [0.4, 0.5) is 0 Å². The zero-order chi connectivity index (χ0) is 14.2. The number of carbonyl (C=O) groups is 1. The first kappa shape index (κ1) is 14.3. The van der Waals surface area contributed by atoms with Gasteiger partial charge in [-0.2, -0.15) is 0 Å². The van der Waals surface area contributed by atoms with Gasteiger partial charge in [0.15, 0.2) is 5.75 Å². The number of fused-ring (bicyclic) bond motifs is 1. The second kappa shape index (κ2) is 5.46. The Hall–Kier alpha value is -1.14. The van der Waals surface area contributed by atoms with E-state index in [4.69, 9.17) is 4.74 Å². The summed E-state index contributed by atoms with van der Waals surface area (Å²) >= 11 is 6.65. The van der Waals surface area contributed by atoms with Gasteiger partial charge in [-0.05, 0) is 41.9 Å². The number of pyridine rings is 1. The van der Waals surface area contributed by atoms with E-state index in [9.17, 15) is 9.90 Å². The molecule has 0 bridgehead atoms. The summed E-state index contributed by atoms with van der Waals surface area (Å²) in [6.45, 7) is 3.77. The molecule has 2 aromatic rings. The number of phenolic OH excluding ortho intramolecular Hbond substituents is 1. The highest BCUT2D eigenvalue weighted by Gasteiger charge is 2.17. The number of aromatic hydroxyl groups is 1. The van der Waals surface area contributed by atoms with Crippen molar-refractivity contribution in [2.45, 2.75) is 13.8 Å². The number of phenols is 1. The highest BCUT2D eigenvalue weighted by molar-refractivity contribution is 9.11. The maximum absolute atomic E-state index is 11.8. The van der Waals surface area contributed by atoms with Gasteiger partial charge in [0.1, 0.15) is 5.52 Å². The van der Waals surface area contributed by atoms with Crippen molar-refractivity contribution in [3.8, 4) is 5.75 Å². The van der Waals surface area contributed by atoms with Gasteiger partial charge >= 0.3 is 5.97 Å². The molecule has 19 heavy (non-hydrogen) atoms. The number of nitrogens with zero attached hydrogens (tertiary/aromatic N) is 1. The van der Waals surface area contributed by atoms with Crippen molar-refractivity contribution in [2.24, 2.45) is 0 Å². The Balaban J connectivity index is 2.73. The number of aromatic nitrogens is 1. The van der Waals surface area contributed by atoms with Crippen LogP contribution in [-0.4, -0.2) is 22.7 Å². The molecular formula is C13H11Br2NO3. The van der Waals surface area contributed by atoms with Crippen LogP contribution in [-0.2, 0) is 4.74 Å². The van der Waals surface area contributed by atoms with Crippen molar-refractivity contribution in [2.75, 3.05) is 6.61 Å². The highest BCUT2D eigenvalue weighted by atomic mass is 79.9. The summed E-state index contributed by atoms with van der Waals surface area (Å²) in [4.78, 5) is 16.1. The molecule has 0 unspecified atom stereocenters. The third-order valence-electron chi connectivity index (χ3n) is 2.67. The Morgan fingerprint density at radius 1 is 1.37 bits per heavy atom. The van der Waals surface area contributed by atoms with E-state index in [0.717, 1.165) is 4.47 Å². The van der Waals surface area contributed by atoms with Crippen molar-refractivity contribution < 1.29 is 14.6 Å². The summed E-state index contributed by atoms with van der Waals surface area (Å²) in [5, 5.41) is 10.7. The summed E-state index contributed by atoms with van der Waals surface area (Å²) in [6.07, 6.45) is 0. The van der Waals surface area contributed by atoms with Gasteiger partial charge in [0, 0.05) is 9.86 Å². The van der Waals surface area contributed by atoms with E-state index in [-0.39, 0.29) is 5.75 Å². The van der Waals surface area contributed by atoms with E-state index in [2.05, 4.69) is 36.8 Å². The summed E-state index contributed by atoms with van der Waals surface area (Å²) in [5.41, 5.74) is 1.36. The predicted molar refractivity (Wildman–Crippen MR) is 79.5 cm³/mol. The molecule has 0 aliphatic rings. The molecule has 100 valence electrons. The summed E-state index contributed by atoms with van der Waals surface area (Å²) in [7, 11) is 0. The quantitative estimate of drug-likeness (QED) is 0.791. The maximum atomic E-state index is 11.8. The molecule has 1 heterocycles. The van der Waals surface area contributed by atoms with Crippen molar-refractivity contribution in [3.63, 3.8) is 0 Å². The fraction of sp³-hybridized carbons (Fsp3) is 0.231. The van der Waals surface area contributed by atoms with E-state index >= 15 is 0 Å². The molecule has 1 aromatic heterocycles. The van der Waals surface area contributed by atoms with Gasteiger partial charge < -0.3 is 9.84 Å². The molecule has 1 N–H and O–H groups in total. The van der Waals surface area contributed by atoms with Gasteiger partial charge in [0.2, 0.25) is 0 Å². The van der Waals surface area contributed by atoms with E-state index < -0.39 is 5.97 Å². The fourth-order valence-electron chi connectivity index (χ4n) is 1.75. The molecule has 0 amide bonds. The predicted octanol–water partition coefficient (Wildman–Crippen LogP) is 3.95. The molecule has 1 aromatic carbocycles. The monoisotopic (exact) mass is 387 g/mol. The molecule has 0 radical (unpaired) electrons. The maximum Gasteiger partial charge on any atom is 0.339 e. The normalized spacial score (nSPS) is 10.7. The number of benzene rings is 1. The number of hydrogen-bond acceptors (Lipinski definition) is 4. The van der Waals surface area contributed by atoms with Crippen LogP contribution in [0, 0.1) is 6.92 Å². The topological polar surface area (TPSA) is 59.4 Å². The zero-order valence-corrected chi connectivity index (χ0v) is 13.5. The lowest BCUT2D eigenvalue weighted by molar-refractivity contribution is 0.0525. The molecular weight excluding hydrogens is 378 g/mol. The number of ether oxygens (including phenoxy) is 1. The van der Waals surface area contributed by atoms with Crippen LogP contribution in [0.15, 0.2) is 21.1 Å². The van der Waals surface area contributed by atoms with Crippen LogP contribution < -0.4 is 0 Å². The van der Waals surface area contributed by atoms with Crippen molar-refractivity contribution in [1.82, 2.24) is 4.98 Å². The third-order valence-corrected chi connectivity index (χ3v) is 3.93. The number of hydrogen-bond donors (Lipinski definition) is 1. The standard InChI is InChI=1S/C13H11Br2NO3/c1-3-19-13(18)7-4-8-9(14)5-10(15)12(17)11(8)16-6(7)2/h4-5,17H,3H2,1-2H3. The SMILES string of the molecule is CCOC(=O)c1cc2c(Br)cc(Br)c(O)c2nc1C. The Morgan fingerprint density at radius 2 is 2.05 bits per heavy atom. The van der Waals surface area contributed by atoms with Crippen molar-refractivity contribution in [3.05, 3.63) is 32.3 Å². The van der Waals surface area contributed by atoms with Gasteiger partial charge in [0.25, 0.3) is 0 Å². The van der Waals surface area contributed by atoms with Crippen LogP contribution in [0.2, 0.25) is 0 Å². The van der Waals surface area contributed by atoms with Crippen LogP contribution in [0.5, 0.6) is 5.75 Å². The number of halogens is 2. The average molecular weight is 389 g/mol. The Morgan fingerprint density at radius 3 is 2.68 bits per heavy atom. The van der Waals surface area contributed by atoms with Crippen molar-refractivity contribution in [1.29, 1.82) is 0 Å². The van der Waals surface area contributed by atoms with Crippen LogP contribution in [0.25, 0.3) is 10.9 Å². The summed E-state index contributed by atoms with van der Waals surface area (Å²) < 4.78 is 6.27. The number of carbonyl (C=O) groups excluding carboxylic acids is 1. The second-order valence-corrected chi connectivity index (χ2v) is 5.64. The lowest BCUT2D eigenvalue weighted by Crippen LogP contribution is -2.08. The number of aryl methyl sites for hydroxylation is 1. The largest absolute Gasteiger partial charge is 0.505 e. The van der Waals surface area contributed by atoms with Gasteiger partial charge in [-0.3, -0.25) is 0 Å². The van der Waals surface area contributed by atoms with Gasteiger partial charge in [-0.25, -0.2) is 9.78 Å². The summed E-state index contributed by atoms with van der Waals surface area (Å²) in [6, 6.07) is 3.38. The first-order valence-corrected chi connectivity index (χ1v) is 7.19. The minimum Gasteiger partial charge on any atom is -0.505 e. The van der Waals surface area contributed by atoms with Gasteiger partial charge in [-0.1, -0.05) is 15.9 Å². The number of rotatable bonds is 2. The Kier molecular flexibility index (Phi) is 4.10. The minimum absolute atomic E-state index is 0.0525. The first-order chi connectivity index (χ1) is 8.95. The molecule has 0 aliphatic carbocycles. The molecule has 0 atom stereocenters. The fourth-order valence-corrected chi connectivity index (χ4v) is 3.01. The first-order valence-electron chi connectivity index (χ1n) is 5.61. The lowest BCUT2D eigenvalue weighted by Gasteiger charge is -2.10. The van der Waals surface area contributed by atoms with Crippen LogP contribution >= 0.6 is 31.9 Å². The third kappa shape index (κ3) is 2.60. The van der Waals surface area contributed by atoms with Gasteiger partial charge in [0.05, 0.1) is 22.3 Å². The molecule has 0 spiro atoms. The molecule has 2 rings (SSSR count). The molecule has 0 saturated carbocycles.